The maximum atomic E-state index is 5.90. The van der Waals surface area contributed by atoms with E-state index in [9.17, 15) is 0 Å². The van der Waals surface area contributed by atoms with Crippen LogP contribution in [0.15, 0.2) is 30.3 Å². The Morgan fingerprint density at radius 2 is 1.88 bits per heavy atom. The molecule has 1 unspecified atom stereocenters. The molecule has 1 aromatic carbocycles. The smallest absolute Gasteiger partial charge is 0.173 e. The predicted octanol–water partition coefficient (Wildman–Crippen LogP) is 3.79. The second-order valence-corrected chi connectivity index (χ2v) is 6.94. The molecule has 0 aromatic heterocycles. The summed E-state index contributed by atoms with van der Waals surface area (Å²) in [6.07, 6.45) is 4.94. The first-order chi connectivity index (χ1) is 7.83. The first kappa shape index (κ1) is 13.5. The summed E-state index contributed by atoms with van der Waals surface area (Å²) < 4.78 is 5.90. The normalized spacial score (nSPS) is 12.6. The predicted molar refractivity (Wildman–Crippen MR) is 73.4 cm³/mol. The van der Waals surface area contributed by atoms with Crippen molar-refractivity contribution in [3.05, 3.63) is 35.9 Å². The van der Waals surface area contributed by atoms with Gasteiger partial charge in [-0.1, -0.05) is 50.1 Å². The van der Waals surface area contributed by atoms with Crippen molar-refractivity contribution in [3.63, 3.8) is 0 Å². The maximum absolute atomic E-state index is 5.90. The zero-order valence-electron chi connectivity index (χ0n) is 10.6. The molecule has 1 rings (SSSR count). The van der Waals surface area contributed by atoms with Gasteiger partial charge in [0.05, 0.1) is 0 Å². The van der Waals surface area contributed by atoms with E-state index in [1.807, 2.05) is 0 Å². The SMILES string of the molecule is CCCC[SiH](C)OCCCc1ccccc1. The van der Waals surface area contributed by atoms with Crippen LogP contribution < -0.4 is 0 Å². The molecule has 0 saturated heterocycles. The summed E-state index contributed by atoms with van der Waals surface area (Å²) in [6.45, 7) is 5.51. The average Bonchev–Trinajstić information content (AvgIpc) is 2.33. The third kappa shape index (κ3) is 6.08. The van der Waals surface area contributed by atoms with Crippen molar-refractivity contribution >= 4 is 9.04 Å². The summed E-state index contributed by atoms with van der Waals surface area (Å²) in [5.74, 6) is 0. The lowest BCUT2D eigenvalue weighted by molar-refractivity contribution is 0.314. The topological polar surface area (TPSA) is 9.23 Å². The minimum atomic E-state index is -0.845. The van der Waals surface area contributed by atoms with Crippen LogP contribution in [-0.4, -0.2) is 15.6 Å². The molecular formula is C14H24OSi. The van der Waals surface area contributed by atoms with Crippen molar-refractivity contribution in [2.75, 3.05) is 6.61 Å². The molecule has 1 aromatic rings. The van der Waals surface area contributed by atoms with Crippen molar-refractivity contribution in [3.8, 4) is 0 Å². The van der Waals surface area contributed by atoms with Gasteiger partial charge in [-0.2, -0.15) is 0 Å². The molecular weight excluding hydrogens is 212 g/mol. The number of hydrogen-bond donors (Lipinski definition) is 0. The third-order valence-electron chi connectivity index (χ3n) is 2.82. The highest BCUT2D eigenvalue weighted by Gasteiger charge is 2.03. The van der Waals surface area contributed by atoms with E-state index in [-0.39, 0.29) is 0 Å². The van der Waals surface area contributed by atoms with Crippen molar-refractivity contribution in [2.24, 2.45) is 0 Å². The second-order valence-electron chi connectivity index (χ2n) is 4.41. The summed E-state index contributed by atoms with van der Waals surface area (Å²) in [5, 5.41) is 0. The minimum Gasteiger partial charge on any atom is -0.420 e. The second kappa shape index (κ2) is 8.54. The van der Waals surface area contributed by atoms with Gasteiger partial charge < -0.3 is 4.43 Å². The molecule has 0 aliphatic rings. The summed E-state index contributed by atoms with van der Waals surface area (Å²) in [7, 11) is -0.845. The van der Waals surface area contributed by atoms with E-state index in [0.717, 1.165) is 19.4 Å². The van der Waals surface area contributed by atoms with E-state index in [4.69, 9.17) is 4.43 Å². The van der Waals surface area contributed by atoms with Crippen LogP contribution >= 0.6 is 0 Å². The summed E-state index contributed by atoms with van der Waals surface area (Å²) >= 11 is 0. The van der Waals surface area contributed by atoms with Gasteiger partial charge in [-0.15, -0.1) is 0 Å². The van der Waals surface area contributed by atoms with E-state index in [1.54, 1.807) is 0 Å². The molecule has 0 aliphatic carbocycles. The van der Waals surface area contributed by atoms with Gasteiger partial charge in [0.15, 0.2) is 9.04 Å². The van der Waals surface area contributed by atoms with Crippen LogP contribution in [0.1, 0.15) is 31.7 Å². The van der Waals surface area contributed by atoms with Crippen molar-refractivity contribution in [2.45, 2.75) is 45.2 Å². The van der Waals surface area contributed by atoms with Gasteiger partial charge in [-0.25, -0.2) is 0 Å². The first-order valence-electron chi connectivity index (χ1n) is 6.48. The zero-order valence-corrected chi connectivity index (χ0v) is 11.8. The number of unbranched alkanes of at least 4 members (excludes halogenated alkanes) is 1. The Balaban J connectivity index is 2.03. The van der Waals surface area contributed by atoms with Crippen molar-refractivity contribution < 1.29 is 4.43 Å². The van der Waals surface area contributed by atoms with Gasteiger partial charge in [0.1, 0.15) is 0 Å². The van der Waals surface area contributed by atoms with E-state index in [1.165, 1.54) is 24.4 Å². The summed E-state index contributed by atoms with van der Waals surface area (Å²) in [5.41, 5.74) is 1.42. The molecule has 1 nitrogen and oxygen atoms in total. The number of rotatable bonds is 8. The highest BCUT2D eigenvalue weighted by Crippen LogP contribution is 2.05. The van der Waals surface area contributed by atoms with Crippen LogP contribution in [0.2, 0.25) is 12.6 Å². The first-order valence-corrected chi connectivity index (χ1v) is 8.92. The van der Waals surface area contributed by atoms with Gasteiger partial charge in [0, 0.05) is 6.61 Å². The van der Waals surface area contributed by atoms with E-state index < -0.39 is 9.04 Å². The summed E-state index contributed by atoms with van der Waals surface area (Å²) in [4.78, 5) is 0. The molecule has 0 N–H and O–H groups in total. The van der Waals surface area contributed by atoms with E-state index in [2.05, 4.69) is 43.8 Å². The third-order valence-corrected chi connectivity index (χ3v) is 4.85. The van der Waals surface area contributed by atoms with Gasteiger partial charge in [-0.3, -0.25) is 0 Å². The molecule has 0 spiro atoms. The molecule has 0 radical (unpaired) electrons. The van der Waals surface area contributed by atoms with Gasteiger partial charge in [0.25, 0.3) is 0 Å². The zero-order chi connectivity index (χ0) is 11.6. The maximum Gasteiger partial charge on any atom is 0.173 e. The fourth-order valence-corrected chi connectivity index (χ4v) is 3.50. The summed E-state index contributed by atoms with van der Waals surface area (Å²) in [6, 6.07) is 12.0. The lowest BCUT2D eigenvalue weighted by Gasteiger charge is -2.10. The van der Waals surface area contributed by atoms with Gasteiger partial charge in [-0.05, 0) is 31.0 Å². The molecule has 0 amide bonds. The lowest BCUT2D eigenvalue weighted by Crippen LogP contribution is -2.14. The fraction of sp³-hybridized carbons (Fsp3) is 0.571. The quantitative estimate of drug-likeness (QED) is 0.493. The molecule has 0 bridgehead atoms. The van der Waals surface area contributed by atoms with Gasteiger partial charge >= 0.3 is 0 Å². The number of benzene rings is 1. The minimum absolute atomic E-state index is 0.845. The molecule has 1 atom stereocenters. The Bertz CT molecular complexity index is 261. The average molecular weight is 236 g/mol. The molecule has 0 heterocycles. The molecule has 0 aliphatic heterocycles. The largest absolute Gasteiger partial charge is 0.420 e. The van der Waals surface area contributed by atoms with Crippen LogP contribution in [0.25, 0.3) is 0 Å². The van der Waals surface area contributed by atoms with Crippen LogP contribution in [0.3, 0.4) is 0 Å². The van der Waals surface area contributed by atoms with Crippen LogP contribution in [-0.2, 0) is 10.8 Å². The Kier molecular flexibility index (Phi) is 7.18. The lowest BCUT2D eigenvalue weighted by atomic mass is 10.1. The Morgan fingerprint density at radius 1 is 1.12 bits per heavy atom. The van der Waals surface area contributed by atoms with Crippen LogP contribution in [0, 0.1) is 0 Å². The highest BCUT2D eigenvalue weighted by molar-refractivity contribution is 6.50. The molecule has 0 fully saturated rings. The van der Waals surface area contributed by atoms with Crippen molar-refractivity contribution in [1.29, 1.82) is 0 Å². The Labute approximate surface area is 102 Å². The van der Waals surface area contributed by atoms with E-state index in [0.29, 0.717) is 0 Å². The molecule has 16 heavy (non-hydrogen) atoms. The monoisotopic (exact) mass is 236 g/mol. The Morgan fingerprint density at radius 3 is 2.56 bits per heavy atom. The van der Waals surface area contributed by atoms with Crippen molar-refractivity contribution in [1.82, 2.24) is 0 Å². The van der Waals surface area contributed by atoms with E-state index >= 15 is 0 Å². The fourth-order valence-electron chi connectivity index (χ4n) is 1.78. The van der Waals surface area contributed by atoms with Crippen LogP contribution in [0.5, 0.6) is 0 Å². The highest BCUT2D eigenvalue weighted by atomic mass is 28.3. The van der Waals surface area contributed by atoms with Crippen LogP contribution in [0.4, 0.5) is 0 Å². The number of hydrogen-bond acceptors (Lipinski definition) is 1. The molecule has 90 valence electrons. The van der Waals surface area contributed by atoms with Gasteiger partial charge in [0.2, 0.25) is 0 Å². The molecule has 0 saturated carbocycles. The molecule has 2 heteroatoms. The Hall–Kier alpha value is -0.603. The standard InChI is InChI=1S/C14H24OSi/c1-3-4-13-16(2)15-12-8-11-14-9-6-5-7-10-14/h5-7,9-10,16H,3-4,8,11-13H2,1-2H3. The number of aryl methyl sites for hydroxylation is 1.